The van der Waals surface area contributed by atoms with E-state index in [9.17, 15) is 5.11 Å². The number of imidazole rings is 1. The third-order valence-electron chi connectivity index (χ3n) is 3.70. The molecular weight excluding hydrogens is 268 g/mol. The summed E-state index contributed by atoms with van der Waals surface area (Å²) in [5, 5.41) is 10.9. The molecule has 1 heterocycles. The zero-order chi connectivity index (χ0) is 12.7. The number of hydrogen-bond acceptors (Lipinski definition) is 2. The minimum atomic E-state index is -0.305. The lowest BCUT2D eigenvalue weighted by atomic mass is 9.92. The summed E-state index contributed by atoms with van der Waals surface area (Å²) in [6.07, 6.45) is 3.76. The quantitative estimate of drug-likeness (QED) is 0.781. The van der Waals surface area contributed by atoms with E-state index in [2.05, 4.69) is 4.98 Å². The minimum Gasteiger partial charge on any atom is -0.391 e. The van der Waals surface area contributed by atoms with Crippen molar-refractivity contribution in [3.8, 4) is 0 Å². The van der Waals surface area contributed by atoms with Gasteiger partial charge in [-0.3, -0.25) is 0 Å². The predicted molar refractivity (Wildman–Crippen MR) is 75.6 cm³/mol. The van der Waals surface area contributed by atoms with Crippen LogP contribution in [0.4, 0.5) is 0 Å². The van der Waals surface area contributed by atoms with Crippen molar-refractivity contribution < 1.29 is 5.11 Å². The van der Waals surface area contributed by atoms with Crippen LogP contribution in [0.5, 0.6) is 0 Å². The Morgan fingerprint density at radius 1 is 1.33 bits per heavy atom. The van der Waals surface area contributed by atoms with Gasteiger partial charge in [-0.15, -0.1) is 0 Å². The number of nitrogens with one attached hydrogen (secondary N) is 1. The second kappa shape index (κ2) is 4.68. The molecule has 0 radical (unpaired) electrons. The maximum atomic E-state index is 10.2. The van der Waals surface area contributed by atoms with Crippen LogP contribution in [0.1, 0.15) is 31.7 Å². The van der Waals surface area contributed by atoms with Crippen molar-refractivity contribution in [2.75, 3.05) is 0 Å². The van der Waals surface area contributed by atoms with Crippen molar-refractivity contribution in [2.24, 2.45) is 0 Å². The van der Waals surface area contributed by atoms with Gasteiger partial charge in [0.1, 0.15) is 0 Å². The number of benzene rings is 1. The number of fused-ring (bicyclic) bond motifs is 1. The molecule has 0 spiro atoms. The number of aromatic amines is 1. The van der Waals surface area contributed by atoms with E-state index in [0.717, 1.165) is 36.7 Å². The Bertz CT molecular complexity index is 633. The Hall–Kier alpha value is -0.840. The molecule has 2 atom stereocenters. The van der Waals surface area contributed by atoms with E-state index in [-0.39, 0.29) is 12.1 Å². The molecule has 1 aromatic heterocycles. The molecule has 1 aliphatic carbocycles. The molecule has 3 rings (SSSR count). The summed E-state index contributed by atoms with van der Waals surface area (Å²) in [5.74, 6) is 0. The summed E-state index contributed by atoms with van der Waals surface area (Å²) >= 11 is 11.4. The van der Waals surface area contributed by atoms with Crippen molar-refractivity contribution in [3.63, 3.8) is 0 Å². The smallest absolute Gasteiger partial charge is 0.178 e. The molecule has 1 fully saturated rings. The van der Waals surface area contributed by atoms with Gasteiger partial charge in [0.2, 0.25) is 0 Å². The molecule has 1 aliphatic rings. The molecule has 2 aromatic rings. The Morgan fingerprint density at radius 3 is 2.89 bits per heavy atom. The highest BCUT2D eigenvalue weighted by Gasteiger charge is 2.26. The summed E-state index contributed by atoms with van der Waals surface area (Å²) in [6.45, 7) is 0. The van der Waals surface area contributed by atoms with Crippen LogP contribution in [0.3, 0.4) is 0 Å². The van der Waals surface area contributed by atoms with Gasteiger partial charge in [-0.1, -0.05) is 24.4 Å². The molecule has 2 N–H and O–H groups in total. The number of H-pyrrole nitrogens is 1. The summed E-state index contributed by atoms with van der Waals surface area (Å²) in [6, 6.07) is 5.78. The lowest BCUT2D eigenvalue weighted by Crippen LogP contribution is -2.27. The number of hydrogen-bond donors (Lipinski definition) is 2. The molecule has 0 bridgehead atoms. The third-order valence-corrected chi connectivity index (χ3v) is 4.24. The predicted octanol–water partition coefficient (Wildman–Crippen LogP) is 3.83. The average Bonchev–Trinajstić information content (AvgIpc) is 2.65. The normalized spacial score (nSPS) is 24.6. The zero-order valence-corrected chi connectivity index (χ0v) is 11.5. The number of aliphatic hydroxyl groups excluding tert-OH is 1. The molecule has 3 nitrogen and oxygen atoms in total. The first-order chi connectivity index (χ1) is 8.66. The van der Waals surface area contributed by atoms with Gasteiger partial charge in [0.25, 0.3) is 0 Å². The van der Waals surface area contributed by atoms with E-state index >= 15 is 0 Å². The number of nitrogens with zero attached hydrogens (tertiary/aromatic N) is 1. The third kappa shape index (κ3) is 1.98. The van der Waals surface area contributed by atoms with Gasteiger partial charge in [-0.05, 0) is 43.3 Å². The van der Waals surface area contributed by atoms with E-state index in [4.69, 9.17) is 23.8 Å². The minimum absolute atomic E-state index is 0.0844. The van der Waals surface area contributed by atoms with E-state index in [1.54, 1.807) is 0 Å². The molecule has 96 valence electrons. The van der Waals surface area contributed by atoms with Crippen LogP contribution in [-0.4, -0.2) is 20.8 Å². The van der Waals surface area contributed by atoms with Gasteiger partial charge >= 0.3 is 0 Å². The first kappa shape index (κ1) is 12.2. The highest BCUT2D eigenvalue weighted by molar-refractivity contribution is 7.71. The van der Waals surface area contributed by atoms with Gasteiger partial charge in [0.15, 0.2) is 4.77 Å². The number of aliphatic hydroxyl groups is 1. The van der Waals surface area contributed by atoms with Crippen LogP contribution in [0.2, 0.25) is 5.02 Å². The Kier molecular flexibility index (Phi) is 3.18. The molecular formula is C13H15ClN2OS. The van der Waals surface area contributed by atoms with Gasteiger partial charge in [0.05, 0.1) is 23.2 Å². The van der Waals surface area contributed by atoms with Gasteiger partial charge in [-0.25, -0.2) is 0 Å². The molecule has 5 heteroatoms. The molecule has 2 unspecified atom stereocenters. The molecule has 0 amide bonds. The maximum Gasteiger partial charge on any atom is 0.178 e. The highest BCUT2D eigenvalue weighted by atomic mass is 35.5. The SMILES string of the molecule is OC1CCCCC1n1c(=S)[nH]c2cc(Cl)ccc21. The lowest BCUT2D eigenvalue weighted by molar-refractivity contribution is 0.0767. The van der Waals surface area contributed by atoms with Crippen LogP contribution in [-0.2, 0) is 0 Å². The summed E-state index contributed by atoms with van der Waals surface area (Å²) in [5.41, 5.74) is 1.96. The van der Waals surface area contributed by atoms with Crippen molar-refractivity contribution in [3.05, 3.63) is 28.0 Å². The topological polar surface area (TPSA) is 41.0 Å². The van der Waals surface area contributed by atoms with Crippen LogP contribution in [0, 0.1) is 4.77 Å². The van der Waals surface area contributed by atoms with Crippen molar-refractivity contribution in [1.82, 2.24) is 9.55 Å². The summed E-state index contributed by atoms with van der Waals surface area (Å²) in [4.78, 5) is 3.17. The largest absolute Gasteiger partial charge is 0.391 e. The number of rotatable bonds is 1. The molecule has 18 heavy (non-hydrogen) atoms. The monoisotopic (exact) mass is 282 g/mol. The second-order valence-corrected chi connectivity index (χ2v) is 5.70. The fourth-order valence-corrected chi connectivity index (χ4v) is 3.34. The molecule has 1 aromatic carbocycles. The molecule has 0 aliphatic heterocycles. The van der Waals surface area contributed by atoms with Crippen molar-refractivity contribution >= 4 is 34.9 Å². The van der Waals surface area contributed by atoms with Gasteiger partial charge < -0.3 is 14.7 Å². The fourth-order valence-electron chi connectivity index (χ4n) is 2.83. The van der Waals surface area contributed by atoms with E-state index < -0.39 is 0 Å². The van der Waals surface area contributed by atoms with Crippen molar-refractivity contribution in [2.45, 2.75) is 37.8 Å². The number of halogens is 1. The Morgan fingerprint density at radius 2 is 2.11 bits per heavy atom. The standard InChI is InChI=1S/C13H15ClN2OS/c14-8-5-6-10-9(7-8)15-13(18)16(10)11-3-1-2-4-12(11)17/h5-7,11-12,17H,1-4H2,(H,15,18). The maximum absolute atomic E-state index is 10.2. The first-order valence-corrected chi connectivity index (χ1v) is 7.03. The average molecular weight is 283 g/mol. The van der Waals surface area contributed by atoms with Crippen LogP contribution >= 0.6 is 23.8 Å². The van der Waals surface area contributed by atoms with Crippen LogP contribution < -0.4 is 0 Å². The first-order valence-electron chi connectivity index (χ1n) is 6.24. The van der Waals surface area contributed by atoms with E-state index in [1.807, 2.05) is 22.8 Å². The van der Waals surface area contributed by atoms with E-state index in [1.165, 1.54) is 0 Å². The zero-order valence-electron chi connectivity index (χ0n) is 9.90. The van der Waals surface area contributed by atoms with E-state index in [0.29, 0.717) is 9.79 Å². The molecule has 0 saturated heterocycles. The lowest BCUT2D eigenvalue weighted by Gasteiger charge is -2.29. The fraction of sp³-hybridized carbons (Fsp3) is 0.462. The summed E-state index contributed by atoms with van der Waals surface area (Å²) < 4.78 is 2.71. The Labute approximate surface area is 115 Å². The van der Waals surface area contributed by atoms with Gasteiger partial charge in [-0.2, -0.15) is 0 Å². The highest BCUT2D eigenvalue weighted by Crippen LogP contribution is 2.32. The van der Waals surface area contributed by atoms with Crippen LogP contribution in [0.25, 0.3) is 11.0 Å². The second-order valence-electron chi connectivity index (χ2n) is 4.88. The van der Waals surface area contributed by atoms with Crippen LogP contribution in [0.15, 0.2) is 18.2 Å². The Balaban J connectivity index is 2.16. The number of aromatic nitrogens is 2. The van der Waals surface area contributed by atoms with Gasteiger partial charge in [0, 0.05) is 5.02 Å². The molecule has 1 saturated carbocycles. The summed E-state index contributed by atoms with van der Waals surface area (Å²) in [7, 11) is 0. The van der Waals surface area contributed by atoms with Crippen molar-refractivity contribution in [1.29, 1.82) is 0 Å².